The van der Waals surface area contributed by atoms with Crippen LogP contribution in [0, 0.1) is 11.3 Å². The van der Waals surface area contributed by atoms with Crippen molar-refractivity contribution in [2.75, 3.05) is 19.8 Å². The molecule has 0 aromatic heterocycles. The summed E-state index contributed by atoms with van der Waals surface area (Å²) >= 11 is 0. The predicted octanol–water partition coefficient (Wildman–Crippen LogP) is 2.47. The molecule has 0 spiro atoms. The second-order valence-electron chi connectivity index (χ2n) is 5.76. The minimum Gasteiger partial charge on any atom is -0.298 e. The standard InChI is InChI=1S/C11H20FN/c1-10(2,3)13-5-4-11(8-12)6-9(11)7-13/h9H,4-8H2,1-3H3. The highest BCUT2D eigenvalue weighted by Crippen LogP contribution is 2.58. The highest BCUT2D eigenvalue weighted by Gasteiger charge is 2.57. The molecule has 0 aromatic rings. The third kappa shape index (κ3) is 1.50. The first-order chi connectivity index (χ1) is 5.98. The van der Waals surface area contributed by atoms with Crippen molar-refractivity contribution in [2.45, 2.75) is 39.2 Å². The molecule has 1 saturated heterocycles. The molecule has 2 aliphatic rings. The van der Waals surface area contributed by atoms with Gasteiger partial charge < -0.3 is 0 Å². The molecule has 0 aromatic carbocycles. The van der Waals surface area contributed by atoms with Gasteiger partial charge in [0.2, 0.25) is 0 Å². The summed E-state index contributed by atoms with van der Waals surface area (Å²) in [6.07, 6.45) is 2.21. The van der Waals surface area contributed by atoms with Crippen LogP contribution in [0.3, 0.4) is 0 Å². The lowest BCUT2D eigenvalue weighted by atomic mass is 9.93. The van der Waals surface area contributed by atoms with Gasteiger partial charge in [0.25, 0.3) is 0 Å². The Hall–Kier alpha value is -0.110. The van der Waals surface area contributed by atoms with E-state index >= 15 is 0 Å². The maximum Gasteiger partial charge on any atom is 0.0954 e. The fraction of sp³-hybridized carbons (Fsp3) is 1.00. The Morgan fingerprint density at radius 1 is 1.46 bits per heavy atom. The smallest absolute Gasteiger partial charge is 0.0954 e. The van der Waals surface area contributed by atoms with Gasteiger partial charge in [-0.15, -0.1) is 0 Å². The Morgan fingerprint density at radius 2 is 2.15 bits per heavy atom. The van der Waals surface area contributed by atoms with Crippen molar-refractivity contribution >= 4 is 0 Å². The highest BCUT2D eigenvalue weighted by atomic mass is 19.1. The number of likely N-dealkylation sites (tertiary alicyclic amines) is 1. The number of hydrogen-bond acceptors (Lipinski definition) is 1. The van der Waals surface area contributed by atoms with Gasteiger partial charge in [-0.05, 0) is 46.1 Å². The molecule has 13 heavy (non-hydrogen) atoms. The fourth-order valence-corrected chi connectivity index (χ4v) is 2.55. The molecule has 0 bridgehead atoms. The summed E-state index contributed by atoms with van der Waals surface area (Å²) in [5.41, 5.74) is 0.396. The van der Waals surface area contributed by atoms with Crippen LogP contribution in [0.5, 0.6) is 0 Å². The maximum absolute atomic E-state index is 12.7. The van der Waals surface area contributed by atoms with E-state index in [1.165, 1.54) is 0 Å². The molecule has 2 fully saturated rings. The fourth-order valence-electron chi connectivity index (χ4n) is 2.55. The molecule has 0 radical (unpaired) electrons. The maximum atomic E-state index is 12.7. The number of hydrogen-bond donors (Lipinski definition) is 0. The van der Waals surface area contributed by atoms with Crippen LogP contribution >= 0.6 is 0 Å². The average Bonchev–Trinajstić information content (AvgIpc) is 2.75. The van der Waals surface area contributed by atoms with E-state index in [0.717, 1.165) is 25.9 Å². The van der Waals surface area contributed by atoms with Crippen molar-refractivity contribution < 1.29 is 4.39 Å². The van der Waals surface area contributed by atoms with E-state index in [9.17, 15) is 4.39 Å². The summed E-state index contributed by atoms with van der Waals surface area (Å²) in [5, 5.41) is 0. The number of alkyl halides is 1. The summed E-state index contributed by atoms with van der Waals surface area (Å²) in [5.74, 6) is 0.658. The van der Waals surface area contributed by atoms with Gasteiger partial charge in [0.05, 0.1) is 6.67 Å². The van der Waals surface area contributed by atoms with Crippen molar-refractivity contribution in [1.29, 1.82) is 0 Å². The molecule has 2 atom stereocenters. The third-order valence-corrected chi connectivity index (χ3v) is 3.89. The van der Waals surface area contributed by atoms with Crippen LogP contribution in [-0.4, -0.2) is 30.2 Å². The molecule has 2 unspecified atom stereocenters. The highest BCUT2D eigenvalue weighted by molar-refractivity contribution is 5.07. The minimum absolute atomic E-state index is 0.0876. The van der Waals surface area contributed by atoms with Crippen molar-refractivity contribution in [2.24, 2.45) is 11.3 Å². The van der Waals surface area contributed by atoms with E-state index in [-0.39, 0.29) is 17.6 Å². The van der Waals surface area contributed by atoms with Crippen LogP contribution < -0.4 is 0 Å². The Balaban J connectivity index is 1.97. The zero-order valence-corrected chi connectivity index (χ0v) is 8.94. The van der Waals surface area contributed by atoms with Gasteiger partial charge in [0.1, 0.15) is 0 Å². The lowest BCUT2D eigenvalue weighted by molar-refractivity contribution is 0.0760. The second kappa shape index (κ2) is 2.69. The summed E-state index contributed by atoms with van der Waals surface area (Å²) in [4.78, 5) is 2.50. The van der Waals surface area contributed by atoms with Crippen molar-refractivity contribution in [3.8, 4) is 0 Å². The van der Waals surface area contributed by atoms with Crippen LogP contribution in [0.15, 0.2) is 0 Å². The predicted molar refractivity (Wildman–Crippen MR) is 52.5 cm³/mol. The van der Waals surface area contributed by atoms with Crippen LogP contribution in [0.25, 0.3) is 0 Å². The Kier molecular flexibility index (Phi) is 1.96. The second-order valence-corrected chi connectivity index (χ2v) is 5.76. The van der Waals surface area contributed by atoms with Crippen LogP contribution in [0.2, 0.25) is 0 Å². The molecule has 0 amide bonds. The van der Waals surface area contributed by atoms with Crippen molar-refractivity contribution in [3.63, 3.8) is 0 Å². The quantitative estimate of drug-likeness (QED) is 0.606. The zero-order valence-electron chi connectivity index (χ0n) is 8.94. The van der Waals surface area contributed by atoms with E-state index in [1.54, 1.807) is 0 Å². The Labute approximate surface area is 80.3 Å². The van der Waals surface area contributed by atoms with Crippen molar-refractivity contribution in [3.05, 3.63) is 0 Å². The minimum atomic E-state index is -0.0876. The first kappa shape index (κ1) is 9.45. The lowest BCUT2D eigenvalue weighted by Crippen LogP contribution is -2.47. The van der Waals surface area contributed by atoms with E-state index in [2.05, 4.69) is 25.7 Å². The number of fused-ring (bicyclic) bond motifs is 1. The van der Waals surface area contributed by atoms with E-state index < -0.39 is 0 Å². The molecule has 1 saturated carbocycles. The molecule has 1 aliphatic carbocycles. The topological polar surface area (TPSA) is 3.24 Å². The van der Waals surface area contributed by atoms with Gasteiger partial charge in [-0.2, -0.15) is 0 Å². The monoisotopic (exact) mass is 185 g/mol. The molecular formula is C11H20FN. The van der Waals surface area contributed by atoms with E-state index in [1.807, 2.05) is 0 Å². The normalized spacial score (nSPS) is 40.2. The molecule has 1 heterocycles. The SMILES string of the molecule is CC(C)(C)N1CCC2(CF)CC2C1. The van der Waals surface area contributed by atoms with Gasteiger partial charge in [0.15, 0.2) is 0 Å². The molecular weight excluding hydrogens is 165 g/mol. The van der Waals surface area contributed by atoms with Crippen LogP contribution in [-0.2, 0) is 0 Å². The number of halogens is 1. The number of piperidine rings is 1. The molecule has 2 heteroatoms. The van der Waals surface area contributed by atoms with E-state index in [4.69, 9.17) is 0 Å². The zero-order chi connectivity index (χ0) is 9.69. The number of nitrogens with zero attached hydrogens (tertiary/aromatic N) is 1. The average molecular weight is 185 g/mol. The van der Waals surface area contributed by atoms with Crippen LogP contribution in [0.1, 0.15) is 33.6 Å². The van der Waals surface area contributed by atoms with Gasteiger partial charge in [-0.1, -0.05) is 0 Å². The van der Waals surface area contributed by atoms with Crippen molar-refractivity contribution in [1.82, 2.24) is 4.90 Å². The van der Waals surface area contributed by atoms with E-state index in [0.29, 0.717) is 5.92 Å². The molecule has 1 nitrogen and oxygen atoms in total. The molecule has 0 N–H and O–H groups in total. The lowest BCUT2D eigenvalue weighted by Gasteiger charge is -2.40. The Bertz CT molecular complexity index is 209. The first-order valence-corrected chi connectivity index (χ1v) is 5.29. The number of rotatable bonds is 1. The summed E-state index contributed by atoms with van der Waals surface area (Å²) in [6.45, 7) is 8.86. The van der Waals surface area contributed by atoms with Gasteiger partial charge in [-0.25, -0.2) is 0 Å². The summed E-state index contributed by atoms with van der Waals surface area (Å²) in [6, 6.07) is 0. The van der Waals surface area contributed by atoms with Gasteiger partial charge in [-0.3, -0.25) is 9.29 Å². The van der Waals surface area contributed by atoms with Gasteiger partial charge >= 0.3 is 0 Å². The first-order valence-electron chi connectivity index (χ1n) is 5.29. The van der Waals surface area contributed by atoms with Crippen LogP contribution in [0.4, 0.5) is 4.39 Å². The molecule has 2 rings (SSSR count). The Morgan fingerprint density at radius 3 is 2.62 bits per heavy atom. The molecule has 76 valence electrons. The molecule has 1 aliphatic heterocycles. The summed E-state index contributed by atoms with van der Waals surface area (Å²) < 4.78 is 12.7. The van der Waals surface area contributed by atoms with Gasteiger partial charge in [0, 0.05) is 17.5 Å². The largest absolute Gasteiger partial charge is 0.298 e. The summed E-state index contributed by atoms with van der Waals surface area (Å²) in [7, 11) is 0. The third-order valence-electron chi connectivity index (χ3n) is 3.89.